The van der Waals surface area contributed by atoms with E-state index in [2.05, 4.69) is 29.6 Å². The lowest BCUT2D eigenvalue weighted by Gasteiger charge is -2.36. The average Bonchev–Trinajstić information content (AvgIpc) is 3.54. The van der Waals surface area contributed by atoms with Crippen LogP contribution in [0, 0.1) is 5.41 Å². The van der Waals surface area contributed by atoms with Crippen LogP contribution >= 0.6 is 0 Å². The first-order valence-electron chi connectivity index (χ1n) is 12.1. The van der Waals surface area contributed by atoms with Crippen LogP contribution in [0.15, 0.2) is 48.5 Å². The van der Waals surface area contributed by atoms with E-state index in [1.165, 1.54) is 16.0 Å². The smallest absolute Gasteiger partial charge is 0.407 e. The van der Waals surface area contributed by atoms with Crippen molar-refractivity contribution >= 4 is 18.0 Å². The molecular weight excluding hydrogens is 432 g/mol. The maximum absolute atomic E-state index is 13.4. The quantitative estimate of drug-likeness (QED) is 0.696. The fraction of sp³-hybridized carbons (Fsp3) is 0.444. The molecule has 7 nitrogen and oxygen atoms in total. The van der Waals surface area contributed by atoms with E-state index in [9.17, 15) is 19.5 Å². The molecular formula is C27H30N2O5. The molecule has 2 aromatic carbocycles. The van der Waals surface area contributed by atoms with Gasteiger partial charge >= 0.3 is 12.1 Å². The third kappa shape index (κ3) is 3.73. The second-order valence-electron chi connectivity index (χ2n) is 9.83. The number of hydrogen-bond donors (Lipinski definition) is 2. The molecule has 7 heteroatoms. The number of nitrogens with zero attached hydrogens (tertiary/aromatic N) is 1. The van der Waals surface area contributed by atoms with Crippen LogP contribution in [0.5, 0.6) is 0 Å². The van der Waals surface area contributed by atoms with Gasteiger partial charge in [-0.05, 0) is 54.9 Å². The Bertz CT molecular complexity index is 1090. The Morgan fingerprint density at radius 1 is 1.03 bits per heavy atom. The first-order valence-corrected chi connectivity index (χ1v) is 12.1. The summed E-state index contributed by atoms with van der Waals surface area (Å²) in [5, 5.41) is 12.4. The summed E-state index contributed by atoms with van der Waals surface area (Å²) in [5.74, 6) is -1.18. The summed E-state index contributed by atoms with van der Waals surface area (Å²) in [7, 11) is 0. The number of alkyl carbamates (subject to hydrolysis) is 1. The van der Waals surface area contributed by atoms with Crippen LogP contribution in [-0.4, -0.2) is 53.2 Å². The van der Waals surface area contributed by atoms with E-state index in [0.29, 0.717) is 32.2 Å². The van der Waals surface area contributed by atoms with Crippen molar-refractivity contribution in [1.29, 1.82) is 0 Å². The molecule has 5 rings (SSSR count). The maximum Gasteiger partial charge on any atom is 0.407 e. The van der Waals surface area contributed by atoms with Gasteiger partial charge in [0.2, 0.25) is 5.91 Å². The number of hydrogen-bond acceptors (Lipinski definition) is 4. The topological polar surface area (TPSA) is 95.9 Å². The number of rotatable bonds is 5. The number of aliphatic carboxylic acids is 1. The van der Waals surface area contributed by atoms with Crippen molar-refractivity contribution < 1.29 is 24.2 Å². The largest absolute Gasteiger partial charge is 0.480 e. The van der Waals surface area contributed by atoms with E-state index >= 15 is 0 Å². The van der Waals surface area contributed by atoms with Gasteiger partial charge in [-0.15, -0.1) is 0 Å². The molecule has 2 fully saturated rings. The number of carboxylic acid groups (broad SMARTS) is 1. The molecule has 1 aliphatic heterocycles. The van der Waals surface area contributed by atoms with Gasteiger partial charge in [-0.3, -0.25) is 4.79 Å². The average molecular weight is 463 g/mol. The Morgan fingerprint density at radius 3 is 2.32 bits per heavy atom. The van der Waals surface area contributed by atoms with Gasteiger partial charge in [-0.1, -0.05) is 55.0 Å². The normalized spacial score (nSPS) is 25.6. The second kappa shape index (κ2) is 8.78. The van der Waals surface area contributed by atoms with E-state index in [-0.39, 0.29) is 24.5 Å². The summed E-state index contributed by atoms with van der Waals surface area (Å²) in [6, 6.07) is 15.2. The molecule has 2 amide bonds. The van der Waals surface area contributed by atoms with Crippen LogP contribution in [0.2, 0.25) is 0 Å². The van der Waals surface area contributed by atoms with E-state index < -0.39 is 23.5 Å². The fourth-order valence-corrected chi connectivity index (χ4v) is 6.03. The van der Waals surface area contributed by atoms with E-state index in [4.69, 9.17) is 4.74 Å². The molecule has 2 N–H and O–H groups in total. The Balaban J connectivity index is 1.26. The Labute approximate surface area is 199 Å². The summed E-state index contributed by atoms with van der Waals surface area (Å²) in [6.07, 6.45) is 2.69. The van der Waals surface area contributed by atoms with E-state index in [1.807, 2.05) is 31.2 Å². The Hall–Kier alpha value is -3.35. The maximum atomic E-state index is 13.4. The SMILES string of the molecule is CC1(C(=O)N2CCCC2C(=O)O)CCCC1NC(=O)OCC1c2ccccc2-c2ccccc21. The molecule has 2 aliphatic carbocycles. The van der Waals surface area contributed by atoms with Gasteiger partial charge in [-0.25, -0.2) is 9.59 Å². The van der Waals surface area contributed by atoms with Crippen LogP contribution in [0.3, 0.4) is 0 Å². The minimum absolute atomic E-state index is 0.0318. The highest BCUT2D eigenvalue weighted by Gasteiger charge is 2.50. The van der Waals surface area contributed by atoms with Crippen LogP contribution < -0.4 is 5.32 Å². The summed E-state index contributed by atoms with van der Waals surface area (Å²) in [6.45, 7) is 2.50. The third-order valence-electron chi connectivity index (χ3n) is 7.88. The summed E-state index contributed by atoms with van der Waals surface area (Å²) >= 11 is 0. The van der Waals surface area contributed by atoms with Crippen LogP contribution in [0.25, 0.3) is 11.1 Å². The number of carbonyl (C=O) groups excluding carboxylic acids is 2. The predicted molar refractivity (Wildman–Crippen MR) is 126 cm³/mol. The van der Waals surface area contributed by atoms with Crippen molar-refractivity contribution in [3.63, 3.8) is 0 Å². The molecule has 3 aliphatic rings. The van der Waals surface area contributed by atoms with Gasteiger partial charge in [0.25, 0.3) is 0 Å². The van der Waals surface area contributed by atoms with Crippen molar-refractivity contribution in [2.75, 3.05) is 13.2 Å². The van der Waals surface area contributed by atoms with Crippen LogP contribution in [-0.2, 0) is 14.3 Å². The molecule has 0 aromatic heterocycles. The highest BCUT2D eigenvalue weighted by atomic mass is 16.5. The predicted octanol–water partition coefficient (Wildman–Crippen LogP) is 4.16. The minimum atomic E-state index is -0.964. The molecule has 0 bridgehead atoms. The fourth-order valence-electron chi connectivity index (χ4n) is 6.03. The van der Waals surface area contributed by atoms with Crippen molar-refractivity contribution in [3.05, 3.63) is 59.7 Å². The third-order valence-corrected chi connectivity index (χ3v) is 7.88. The lowest BCUT2D eigenvalue weighted by molar-refractivity contribution is -0.153. The zero-order valence-electron chi connectivity index (χ0n) is 19.3. The molecule has 1 saturated heterocycles. The number of benzene rings is 2. The molecule has 3 atom stereocenters. The van der Waals surface area contributed by atoms with Gasteiger partial charge in [0.15, 0.2) is 0 Å². The van der Waals surface area contributed by atoms with Crippen molar-refractivity contribution in [3.8, 4) is 11.1 Å². The molecule has 3 unspecified atom stereocenters. The zero-order valence-corrected chi connectivity index (χ0v) is 19.3. The highest BCUT2D eigenvalue weighted by molar-refractivity contribution is 5.89. The number of amides is 2. The monoisotopic (exact) mass is 462 g/mol. The van der Waals surface area contributed by atoms with Gasteiger partial charge < -0.3 is 20.1 Å². The first-order chi connectivity index (χ1) is 16.4. The number of likely N-dealkylation sites (tertiary alicyclic amines) is 1. The number of nitrogens with one attached hydrogen (secondary N) is 1. The van der Waals surface area contributed by atoms with Gasteiger partial charge in [0.1, 0.15) is 12.6 Å². The Kier molecular flexibility index (Phi) is 5.80. The molecule has 0 spiro atoms. The molecule has 1 saturated carbocycles. The summed E-state index contributed by atoms with van der Waals surface area (Å²) in [4.78, 5) is 39.3. The van der Waals surface area contributed by atoms with E-state index in [1.54, 1.807) is 0 Å². The molecule has 2 aromatic rings. The molecule has 178 valence electrons. The molecule has 0 radical (unpaired) electrons. The zero-order chi connectivity index (χ0) is 23.9. The number of ether oxygens (including phenoxy) is 1. The summed E-state index contributed by atoms with van der Waals surface area (Å²) in [5.41, 5.74) is 3.79. The van der Waals surface area contributed by atoms with Crippen molar-refractivity contribution in [1.82, 2.24) is 10.2 Å². The van der Waals surface area contributed by atoms with Gasteiger partial charge in [0.05, 0.1) is 5.41 Å². The highest BCUT2D eigenvalue weighted by Crippen LogP contribution is 2.45. The lowest BCUT2D eigenvalue weighted by atomic mass is 9.83. The number of carbonyl (C=O) groups is 3. The van der Waals surface area contributed by atoms with Crippen LogP contribution in [0.1, 0.15) is 56.1 Å². The van der Waals surface area contributed by atoms with E-state index in [0.717, 1.165) is 17.5 Å². The first kappa shape index (κ1) is 22.4. The molecule has 34 heavy (non-hydrogen) atoms. The van der Waals surface area contributed by atoms with Crippen molar-refractivity contribution in [2.24, 2.45) is 5.41 Å². The lowest BCUT2D eigenvalue weighted by Crippen LogP contribution is -2.54. The molecule has 1 heterocycles. The van der Waals surface area contributed by atoms with Crippen molar-refractivity contribution in [2.45, 2.75) is 57.0 Å². The second-order valence-corrected chi connectivity index (χ2v) is 9.83. The van der Waals surface area contributed by atoms with Crippen LogP contribution in [0.4, 0.5) is 4.79 Å². The number of carboxylic acids is 1. The number of fused-ring (bicyclic) bond motifs is 3. The Morgan fingerprint density at radius 2 is 1.68 bits per heavy atom. The van der Waals surface area contributed by atoms with Gasteiger partial charge in [-0.2, -0.15) is 0 Å². The standard InChI is InChI=1S/C27H30N2O5/c1-27(25(32)29-15-7-12-22(29)24(30)31)14-6-13-23(27)28-26(33)34-16-21-19-10-4-2-8-17(19)18-9-3-5-11-20(18)21/h2-5,8-11,21-23H,6-7,12-16H2,1H3,(H,28,33)(H,30,31). The minimum Gasteiger partial charge on any atom is -0.480 e. The van der Waals surface area contributed by atoms with Gasteiger partial charge in [0, 0.05) is 18.5 Å². The summed E-state index contributed by atoms with van der Waals surface area (Å²) < 4.78 is 5.69.